The molecule has 2 aromatic rings. The molecule has 1 saturated heterocycles. The molecule has 2 N–H and O–H groups in total. The van der Waals surface area contributed by atoms with Crippen LogP contribution < -0.4 is 10.6 Å². The van der Waals surface area contributed by atoms with E-state index in [1.165, 1.54) is 0 Å². The second-order valence-corrected chi connectivity index (χ2v) is 8.72. The van der Waals surface area contributed by atoms with E-state index in [4.69, 9.17) is 16.0 Å². The Morgan fingerprint density at radius 2 is 2.28 bits per heavy atom. The first kappa shape index (κ1) is 22.4. The topological polar surface area (TPSA) is 69.9 Å². The molecule has 1 amide bonds. The highest BCUT2D eigenvalue weighted by molar-refractivity contribution is 6.31. The maximum Gasteiger partial charge on any atom is 0.225 e. The average Bonchev–Trinajstić information content (AvgIpc) is 3.46. The zero-order valence-corrected chi connectivity index (χ0v) is 19.1. The largest absolute Gasteiger partial charge is 0.456 e. The summed E-state index contributed by atoms with van der Waals surface area (Å²) >= 11 is 6.40. The van der Waals surface area contributed by atoms with Crippen LogP contribution in [0.25, 0.3) is 16.5 Å². The van der Waals surface area contributed by atoms with Crippen LogP contribution in [-0.4, -0.2) is 30.2 Å². The molecule has 7 heteroatoms. The summed E-state index contributed by atoms with van der Waals surface area (Å²) in [6, 6.07) is 6.08. The number of carbonyl (C=O) groups is 1. The lowest BCUT2D eigenvalue weighted by molar-refractivity contribution is -0.120. The molecule has 0 spiro atoms. The van der Waals surface area contributed by atoms with Gasteiger partial charge in [-0.05, 0) is 57.4 Å². The van der Waals surface area contributed by atoms with Gasteiger partial charge in [-0.1, -0.05) is 29.8 Å². The van der Waals surface area contributed by atoms with Gasteiger partial charge in [0.25, 0.3) is 0 Å². The van der Waals surface area contributed by atoms with E-state index in [1.54, 1.807) is 11.2 Å². The molecule has 6 nitrogen and oxygen atoms in total. The van der Waals surface area contributed by atoms with Gasteiger partial charge in [-0.15, -0.1) is 0 Å². The number of furan rings is 1. The highest BCUT2D eigenvalue weighted by atomic mass is 35.5. The van der Waals surface area contributed by atoms with Crippen LogP contribution in [0.1, 0.15) is 50.4 Å². The quantitative estimate of drug-likeness (QED) is 0.418. The van der Waals surface area contributed by atoms with E-state index in [9.17, 15) is 4.79 Å². The number of carbonyl (C=O) groups excluding carboxylic acids is 1. The molecule has 1 fully saturated rings. The van der Waals surface area contributed by atoms with E-state index in [0.717, 1.165) is 65.8 Å². The van der Waals surface area contributed by atoms with Gasteiger partial charge in [0.15, 0.2) is 0 Å². The number of nitrogens with zero attached hydrogens (tertiary/aromatic N) is 2. The highest BCUT2D eigenvalue weighted by Gasteiger charge is 2.18. The van der Waals surface area contributed by atoms with Crippen LogP contribution in [-0.2, 0) is 11.3 Å². The average molecular weight is 453 g/mol. The fourth-order valence-corrected chi connectivity index (χ4v) is 4.41. The summed E-state index contributed by atoms with van der Waals surface area (Å²) in [7, 11) is 0. The number of allylic oxidation sites excluding steroid dienone is 5. The van der Waals surface area contributed by atoms with Gasteiger partial charge in [0.2, 0.25) is 5.91 Å². The number of hydrazone groups is 1. The lowest BCUT2D eigenvalue weighted by atomic mass is 10.0. The molecule has 1 unspecified atom stereocenters. The number of hydrogen-bond donors (Lipinski definition) is 2. The number of fused-ring (bicyclic) bond motifs is 1. The Hall–Kier alpha value is -2.83. The molecule has 4 rings (SSSR count). The summed E-state index contributed by atoms with van der Waals surface area (Å²) in [5.74, 6) is 0.819. The second kappa shape index (κ2) is 10.2. The molecule has 1 aromatic heterocycles. The predicted molar refractivity (Wildman–Crippen MR) is 130 cm³/mol. The first-order chi connectivity index (χ1) is 15.5. The van der Waals surface area contributed by atoms with E-state index in [0.29, 0.717) is 18.0 Å². The van der Waals surface area contributed by atoms with Gasteiger partial charge in [-0.25, -0.2) is 0 Å². The zero-order chi connectivity index (χ0) is 22.5. The maximum atomic E-state index is 12.2. The van der Waals surface area contributed by atoms with Crippen LogP contribution >= 0.6 is 11.6 Å². The number of nitrogens with one attached hydrogen (secondary N) is 2. The number of benzene rings is 1. The lowest BCUT2D eigenvalue weighted by Gasteiger charge is -2.20. The van der Waals surface area contributed by atoms with Crippen molar-refractivity contribution < 1.29 is 9.21 Å². The summed E-state index contributed by atoms with van der Waals surface area (Å²) in [5.41, 5.74) is 3.54. The molecule has 1 aromatic carbocycles. The van der Waals surface area contributed by atoms with Gasteiger partial charge >= 0.3 is 0 Å². The molecule has 1 aliphatic heterocycles. The Labute approximate surface area is 193 Å². The third-order valence-corrected chi connectivity index (χ3v) is 6.09. The van der Waals surface area contributed by atoms with E-state index in [2.05, 4.69) is 40.7 Å². The number of halogens is 1. The molecule has 2 aliphatic rings. The first-order valence-electron chi connectivity index (χ1n) is 11.1. The molecule has 2 heterocycles. The summed E-state index contributed by atoms with van der Waals surface area (Å²) in [4.78, 5) is 12.2. The fourth-order valence-electron chi connectivity index (χ4n) is 4.16. The highest BCUT2D eigenvalue weighted by Crippen LogP contribution is 2.33. The van der Waals surface area contributed by atoms with E-state index >= 15 is 0 Å². The smallest absolute Gasteiger partial charge is 0.225 e. The minimum Gasteiger partial charge on any atom is -0.456 e. The maximum absolute atomic E-state index is 12.2. The van der Waals surface area contributed by atoms with E-state index in [-0.39, 0.29) is 11.9 Å². The van der Waals surface area contributed by atoms with Crippen molar-refractivity contribution in [2.24, 2.45) is 5.10 Å². The summed E-state index contributed by atoms with van der Waals surface area (Å²) < 4.78 is 6.23. The van der Waals surface area contributed by atoms with Gasteiger partial charge in [-0.2, -0.15) is 5.10 Å². The molecular formula is C25H29ClN4O2. The van der Waals surface area contributed by atoms with Crippen LogP contribution in [0.2, 0.25) is 5.02 Å². The van der Waals surface area contributed by atoms with Crippen LogP contribution in [0.3, 0.4) is 0 Å². The van der Waals surface area contributed by atoms with Gasteiger partial charge in [-0.3, -0.25) is 9.80 Å². The molecule has 32 heavy (non-hydrogen) atoms. The number of rotatable bonds is 8. The number of hydrogen-bond acceptors (Lipinski definition) is 5. The van der Waals surface area contributed by atoms with Gasteiger partial charge in [0, 0.05) is 46.9 Å². The van der Waals surface area contributed by atoms with Crippen molar-refractivity contribution in [3.8, 4) is 0 Å². The lowest BCUT2D eigenvalue weighted by Crippen LogP contribution is -2.30. The normalized spacial score (nSPS) is 18.6. The SMILES string of the molecule is C=NN(Cc1cc(Cl)cc2cc(C3=CCCC=C3)oc12)/C(C)=C\NC(=O)CC1CCCN1. The summed E-state index contributed by atoms with van der Waals surface area (Å²) in [6.45, 7) is 6.99. The van der Waals surface area contributed by atoms with Gasteiger partial charge < -0.3 is 15.1 Å². The van der Waals surface area contributed by atoms with Crippen LogP contribution in [0.5, 0.6) is 0 Å². The monoisotopic (exact) mass is 452 g/mol. The van der Waals surface area contributed by atoms with Crippen molar-refractivity contribution in [1.29, 1.82) is 0 Å². The molecule has 0 bridgehead atoms. The van der Waals surface area contributed by atoms with Crippen molar-refractivity contribution in [3.63, 3.8) is 0 Å². The Kier molecular flexibility index (Phi) is 7.12. The van der Waals surface area contributed by atoms with Crippen LogP contribution in [0, 0.1) is 0 Å². The molecule has 1 atom stereocenters. The zero-order valence-electron chi connectivity index (χ0n) is 18.4. The van der Waals surface area contributed by atoms with Crippen molar-refractivity contribution in [2.75, 3.05) is 6.54 Å². The molecular weight excluding hydrogens is 424 g/mol. The first-order valence-corrected chi connectivity index (χ1v) is 11.4. The second-order valence-electron chi connectivity index (χ2n) is 8.28. The Morgan fingerprint density at radius 1 is 1.41 bits per heavy atom. The van der Waals surface area contributed by atoms with Crippen molar-refractivity contribution in [2.45, 2.75) is 51.6 Å². The summed E-state index contributed by atoms with van der Waals surface area (Å²) in [5, 5.41) is 13.7. The van der Waals surface area contributed by atoms with Gasteiger partial charge in [0.05, 0.1) is 12.2 Å². The Morgan fingerprint density at radius 3 is 3.00 bits per heavy atom. The van der Waals surface area contributed by atoms with Crippen molar-refractivity contribution in [3.05, 3.63) is 64.7 Å². The Bertz CT molecular complexity index is 1090. The third-order valence-electron chi connectivity index (χ3n) is 5.87. The standard InChI is InChI=1S/C25H29ClN4O2/c1-17(15-29-24(31)14-22-9-6-10-28-22)30(27-2)16-20-12-21(26)11-19-13-23(32-25(19)20)18-7-4-3-5-8-18/h4,7-8,11-13,15,22,28H,2-3,5-6,9-10,14,16H2,1H3,(H,29,31)/b17-15-. The van der Waals surface area contributed by atoms with Gasteiger partial charge in [0.1, 0.15) is 11.3 Å². The van der Waals surface area contributed by atoms with E-state index in [1.807, 2.05) is 25.1 Å². The fraction of sp³-hybridized carbons (Fsp3) is 0.360. The molecule has 1 aliphatic carbocycles. The Balaban J connectivity index is 1.50. The van der Waals surface area contributed by atoms with E-state index < -0.39 is 0 Å². The predicted octanol–water partition coefficient (Wildman–Crippen LogP) is 5.36. The number of amides is 1. The molecule has 0 radical (unpaired) electrons. The van der Waals surface area contributed by atoms with Crippen LogP contribution in [0.4, 0.5) is 0 Å². The van der Waals surface area contributed by atoms with Crippen LogP contribution in [0.15, 0.2) is 57.8 Å². The third kappa shape index (κ3) is 5.31. The van der Waals surface area contributed by atoms with Crippen molar-refractivity contribution in [1.82, 2.24) is 15.6 Å². The molecule has 0 saturated carbocycles. The summed E-state index contributed by atoms with van der Waals surface area (Å²) in [6.07, 6.45) is 12.8. The molecule has 168 valence electrons. The minimum absolute atomic E-state index is 0.0117. The minimum atomic E-state index is -0.0117. The van der Waals surface area contributed by atoms with Crippen molar-refractivity contribution >= 4 is 40.8 Å².